The minimum absolute atomic E-state index is 0.162. The smallest absolute Gasteiger partial charge is 0.352 e. The molecule has 0 aromatic rings. The highest BCUT2D eigenvalue weighted by atomic mass is 32.2. The highest BCUT2D eigenvalue weighted by molar-refractivity contribution is 8.00. The van der Waals surface area contributed by atoms with Crippen molar-refractivity contribution in [3.63, 3.8) is 0 Å². The number of nitrogens with two attached hydrogens (primary N) is 1. The summed E-state index contributed by atoms with van der Waals surface area (Å²) in [7, 11) is 1.30. The molecule has 2 heterocycles. The Labute approximate surface area is 118 Å². The van der Waals surface area contributed by atoms with E-state index in [4.69, 9.17) is 15.2 Å². The third-order valence-corrected chi connectivity index (χ3v) is 4.53. The van der Waals surface area contributed by atoms with E-state index in [-0.39, 0.29) is 12.3 Å². The number of esters is 1. The summed E-state index contributed by atoms with van der Waals surface area (Å²) in [6, 6.07) is 0. The van der Waals surface area contributed by atoms with Gasteiger partial charge >= 0.3 is 11.9 Å². The van der Waals surface area contributed by atoms with Crippen molar-refractivity contribution in [1.82, 2.24) is 4.90 Å². The van der Waals surface area contributed by atoms with E-state index in [0.29, 0.717) is 11.3 Å². The van der Waals surface area contributed by atoms with E-state index in [1.54, 1.807) is 0 Å². The number of ether oxygens (including phenoxy) is 2. The molecule has 0 spiro atoms. The van der Waals surface area contributed by atoms with Crippen molar-refractivity contribution in [3.8, 4) is 0 Å². The molecule has 2 rings (SSSR count). The van der Waals surface area contributed by atoms with Gasteiger partial charge in [0.05, 0.1) is 0 Å². The Kier molecular flexibility index (Phi) is 3.76. The fourth-order valence-corrected chi connectivity index (χ4v) is 3.48. The molecule has 0 aliphatic carbocycles. The number of carbonyl (C=O) groups is 3. The van der Waals surface area contributed by atoms with Crippen LogP contribution in [-0.4, -0.2) is 58.4 Å². The molecule has 0 bridgehead atoms. The molecule has 0 saturated carbocycles. The number of aliphatic carboxylic acids is 1. The Hall–Kier alpha value is -1.58. The van der Waals surface area contributed by atoms with E-state index in [1.807, 2.05) is 0 Å². The number of hydrogen-bond donors (Lipinski definition) is 2. The molecule has 0 aromatic carbocycles. The molecule has 1 saturated heterocycles. The van der Waals surface area contributed by atoms with Crippen LogP contribution in [0.5, 0.6) is 0 Å². The predicted octanol–water partition coefficient (Wildman–Crippen LogP) is -0.895. The number of carboxylic acids is 1. The van der Waals surface area contributed by atoms with Gasteiger partial charge in [-0.2, -0.15) is 0 Å². The second-order valence-electron chi connectivity index (χ2n) is 4.37. The van der Waals surface area contributed by atoms with E-state index in [9.17, 15) is 19.5 Å². The molecule has 2 aliphatic rings. The number of β-lactam (4-membered cyclic amide) rings is 1. The van der Waals surface area contributed by atoms with Gasteiger partial charge in [-0.1, -0.05) is 0 Å². The number of methoxy groups -OCH3 is 1. The third kappa shape index (κ3) is 2.07. The number of thioether (sulfide) groups is 1. The zero-order valence-corrected chi connectivity index (χ0v) is 11.7. The van der Waals surface area contributed by atoms with Crippen LogP contribution in [0.3, 0.4) is 0 Å². The summed E-state index contributed by atoms with van der Waals surface area (Å²) in [6.07, 6.45) is 0. The van der Waals surface area contributed by atoms with Gasteiger partial charge in [-0.25, -0.2) is 4.79 Å². The van der Waals surface area contributed by atoms with E-state index in [0.717, 1.165) is 4.90 Å². The summed E-state index contributed by atoms with van der Waals surface area (Å²) in [5.41, 5.74) is 4.47. The van der Waals surface area contributed by atoms with Crippen LogP contribution < -0.4 is 5.73 Å². The molecule has 3 N–H and O–H groups in total. The van der Waals surface area contributed by atoms with Crippen LogP contribution in [0.4, 0.5) is 0 Å². The van der Waals surface area contributed by atoms with Gasteiger partial charge in [-0.15, -0.1) is 11.8 Å². The van der Waals surface area contributed by atoms with Crippen molar-refractivity contribution in [1.29, 1.82) is 0 Å². The van der Waals surface area contributed by atoms with Gasteiger partial charge in [0.15, 0.2) is 0 Å². The number of carbonyl (C=O) groups excluding carboxylic acids is 2. The van der Waals surface area contributed by atoms with Crippen LogP contribution >= 0.6 is 11.8 Å². The SMILES string of the molecule is CO[C@@]1(N)C(=O)N2C(C(=O)O)=C(COC(C)=O)CS[C@H]21. The maximum atomic E-state index is 12.0. The minimum Gasteiger partial charge on any atom is -0.477 e. The lowest BCUT2D eigenvalue weighted by Gasteiger charge is -2.54. The molecule has 2 atom stereocenters. The van der Waals surface area contributed by atoms with Gasteiger partial charge in [-0.3, -0.25) is 20.2 Å². The number of rotatable bonds is 4. The maximum absolute atomic E-state index is 12.0. The largest absolute Gasteiger partial charge is 0.477 e. The van der Waals surface area contributed by atoms with Gasteiger partial charge < -0.3 is 14.6 Å². The second-order valence-corrected chi connectivity index (χ2v) is 5.44. The maximum Gasteiger partial charge on any atom is 0.352 e. The lowest BCUT2D eigenvalue weighted by Crippen LogP contribution is -2.78. The second kappa shape index (κ2) is 5.08. The normalized spacial score (nSPS) is 28.9. The third-order valence-electron chi connectivity index (χ3n) is 3.14. The minimum atomic E-state index is -1.50. The van der Waals surface area contributed by atoms with Gasteiger partial charge in [0.2, 0.25) is 5.72 Å². The summed E-state index contributed by atoms with van der Waals surface area (Å²) in [6.45, 7) is 1.06. The molecular weight excluding hydrogens is 288 g/mol. The first-order valence-electron chi connectivity index (χ1n) is 5.71. The van der Waals surface area contributed by atoms with Crippen molar-refractivity contribution in [3.05, 3.63) is 11.3 Å². The average Bonchev–Trinajstić information content (AvgIpc) is 2.42. The molecule has 1 amide bonds. The quantitative estimate of drug-likeness (QED) is 0.390. The van der Waals surface area contributed by atoms with E-state index < -0.39 is 28.9 Å². The van der Waals surface area contributed by atoms with Crippen LogP contribution in [0.2, 0.25) is 0 Å². The van der Waals surface area contributed by atoms with Crippen LogP contribution in [0.1, 0.15) is 6.92 Å². The Morgan fingerprint density at radius 3 is 2.75 bits per heavy atom. The van der Waals surface area contributed by atoms with Gasteiger partial charge in [0, 0.05) is 25.4 Å². The van der Waals surface area contributed by atoms with E-state index >= 15 is 0 Å². The number of amides is 1. The first kappa shape index (κ1) is 14.8. The van der Waals surface area contributed by atoms with E-state index in [2.05, 4.69) is 0 Å². The van der Waals surface area contributed by atoms with Crippen molar-refractivity contribution < 1.29 is 29.0 Å². The first-order valence-corrected chi connectivity index (χ1v) is 6.75. The monoisotopic (exact) mass is 302 g/mol. The topological polar surface area (TPSA) is 119 Å². The molecule has 0 radical (unpaired) electrons. The standard InChI is InChI=1S/C11H14N2O6S/c1-5(14)19-3-6-4-20-10-11(12,18-2)9(17)13(10)7(6)8(15)16/h10H,3-4,12H2,1-2H3,(H,15,16)/t10-,11-/m0/s1. The predicted molar refractivity (Wildman–Crippen MR) is 68.3 cm³/mol. The van der Waals surface area contributed by atoms with Crippen molar-refractivity contribution in [2.75, 3.05) is 19.5 Å². The molecule has 0 unspecified atom stereocenters. The molecular formula is C11H14N2O6S. The molecule has 9 heteroatoms. The molecule has 110 valence electrons. The summed E-state index contributed by atoms with van der Waals surface area (Å²) in [4.78, 5) is 35.3. The summed E-state index contributed by atoms with van der Waals surface area (Å²) < 4.78 is 9.79. The Morgan fingerprint density at radius 1 is 1.60 bits per heavy atom. The fraction of sp³-hybridized carbons (Fsp3) is 0.545. The van der Waals surface area contributed by atoms with Crippen molar-refractivity contribution >= 4 is 29.6 Å². The van der Waals surface area contributed by atoms with Gasteiger partial charge in [0.25, 0.3) is 5.91 Å². The Bertz CT molecular complexity index is 519. The highest BCUT2D eigenvalue weighted by Crippen LogP contribution is 2.45. The molecule has 2 aliphatic heterocycles. The van der Waals surface area contributed by atoms with Crippen LogP contribution in [0, 0.1) is 0 Å². The van der Waals surface area contributed by atoms with Crippen molar-refractivity contribution in [2.45, 2.75) is 18.0 Å². The number of hydrogen-bond acceptors (Lipinski definition) is 7. The van der Waals surface area contributed by atoms with Crippen LogP contribution in [0.25, 0.3) is 0 Å². The number of fused-ring (bicyclic) bond motifs is 1. The zero-order valence-electron chi connectivity index (χ0n) is 10.9. The Morgan fingerprint density at radius 2 is 2.25 bits per heavy atom. The van der Waals surface area contributed by atoms with E-state index in [1.165, 1.54) is 25.8 Å². The Balaban J connectivity index is 2.31. The van der Waals surface area contributed by atoms with Gasteiger partial charge in [0.1, 0.15) is 17.7 Å². The summed E-state index contributed by atoms with van der Waals surface area (Å²) >= 11 is 1.27. The van der Waals surface area contributed by atoms with Crippen LogP contribution in [0.15, 0.2) is 11.3 Å². The molecule has 8 nitrogen and oxygen atoms in total. The summed E-state index contributed by atoms with van der Waals surface area (Å²) in [5, 5.41) is 8.68. The zero-order chi connectivity index (χ0) is 15.1. The molecule has 20 heavy (non-hydrogen) atoms. The van der Waals surface area contributed by atoms with Gasteiger partial charge in [-0.05, 0) is 0 Å². The molecule has 0 aromatic heterocycles. The first-order chi connectivity index (χ1) is 9.32. The average molecular weight is 302 g/mol. The lowest BCUT2D eigenvalue weighted by molar-refractivity contribution is -0.183. The number of carboxylic acid groups (broad SMARTS) is 1. The highest BCUT2D eigenvalue weighted by Gasteiger charge is 2.63. The van der Waals surface area contributed by atoms with Crippen molar-refractivity contribution in [2.24, 2.45) is 5.73 Å². The lowest BCUT2D eigenvalue weighted by atomic mass is 9.99. The fourth-order valence-electron chi connectivity index (χ4n) is 2.10. The van der Waals surface area contributed by atoms with Crippen LogP contribution in [-0.2, 0) is 23.9 Å². The number of nitrogens with zero attached hydrogens (tertiary/aromatic N) is 1. The molecule has 1 fully saturated rings. The summed E-state index contributed by atoms with van der Waals surface area (Å²) in [5.74, 6) is -2.10.